The quantitative estimate of drug-likeness (QED) is 0.778. The third kappa shape index (κ3) is 2.13. The van der Waals surface area contributed by atoms with Gasteiger partial charge in [0.1, 0.15) is 11.6 Å². The second-order valence-electron chi connectivity index (χ2n) is 4.65. The highest BCUT2D eigenvalue weighted by atomic mass is 79.9. The zero-order valence-electron chi connectivity index (χ0n) is 10.9. The molecule has 3 nitrogen and oxygen atoms in total. The summed E-state index contributed by atoms with van der Waals surface area (Å²) in [6.45, 7) is 0.488. The first-order chi connectivity index (χ1) is 9.60. The topological polar surface area (TPSA) is 43.8 Å². The van der Waals surface area contributed by atoms with Gasteiger partial charge in [-0.2, -0.15) is 0 Å². The summed E-state index contributed by atoms with van der Waals surface area (Å²) in [5.74, 6) is 0.519. The first-order valence-electron chi connectivity index (χ1n) is 6.21. The Morgan fingerprint density at radius 1 is 1.25 bits per heavy atom. The molecule has 0 aliphatic heterocycles. The zero-order valence-corrected chi connectivity index (χ0v) is 12.5. The van der Waals surface area contributed by atoms with E-state index in [4.69, 9.17) is 5.73 Å². The number of nitrogens with two attached hydrogens (primary N) is 1. The number of benzene rings is 2. The van der Waals surface area contributed by atoms with Crippen molar-refractivity contribution < 1.29 is 4.39 Å². The van der Waals surface area contributed by atoms with Gasteiger partial charge >= 0.3 is 0 Å². The molecule has 102 valence electrons. The van der Waals surface area contributed by atoms with Crippen molar-refractivity contribution in [1.82, 2.24) is 9.55 Å². The van der Waals surface area contributed by atoms with Gasteiger partial charge in [0.15, 0.2) is 0 Å². The minimum atomic E-state index is -0.273. The molecule has 0 bridgehead atoms. The number of fused-ring (bicyclic) bond motifs is 1. The summed E-state index contributed by atoms with van der Waals surface area (Å²) >= 11 is 3.39. The average molecular weight is 334 g/mol. The predicted molar refractivity (Wildman–Crippen MR) is 81.7 cm³/mol. The SMILES string of the molecule is Cn1c(-c2ccc(F)cc2Br)nc2cc(CN)ccc21. The molecule has 3 rings (SSSR count). The molecule has 0 fully saturated rings. The molecule has 1 aromatic heterocycles. The summed E-state index contributed by atoms with van der Waals surface area (Å²) in [6, 6.07) is 10.6. The van der Waals surface area contributed by atoms with E-state index in [0.717, 1.165) is 28.0 Å². The lowest BCUT2D eigenvalue weighted by Gasteiger charge is -2.05. The maximum absolute atomic E-state index is 13.2. The Morgan fingerprint density at radius 3 is 2.75 bits per heavy atom. The molecule has 0 radical (unpaired) electrons. The fraction of sp³-hybridized carbons (Fsp3) is 0.133. The predicted octanol–water partition coefficient (Wildman–Crippen LogP) is 3.60. The van der Waals surface area contributed by atoms with Crippen molar-refractivity contribution in [2.24, 2.45) is 12.8 Å². The van der Waals surface area contributed by atoms with Crippen LogP contribution in [0.25, 0.3) is 22.4 Å². The molecule has 1 heterocycles. The van der Waals surface area contributed by atoms with Crippen LogP contribution in [0.3, 0.4) is 0 Å². The summed E-state index contributed by atoms with van der Waals surface area (Å²) in [4.78, 5) is 4.64. The summed E-state index contributed by atoms with van der Waals surface area (Å²) < 4.78 is 15.9. The lowest BCUT2D eigenvalue weighted by molar-refractivity contribution is 0.627. The monoisotopic (exact) mass is 333 g/mol. The maximum Gasteiger partial charge on any atom is 0.142 e. The Hall–Kier alpha value is -1.72. The number of imidazole rings is 1. The van der Waals surface area contributed by atoms with Gasteiger partial charge in [0.05, 0.1) is 11.0 Å². The van der Waals surface area contributed by atoms with Gasteiger partial charge in [0, 0.05) is 23.6 Å². The second kappa shape index (κ2) is 5.00. The summed E-state index contributed by atoms with van der Waals surface area (Å²) in [5, 5.41) is 0. The molecule has 2 aromatic carbocycles. The molecule has 0 unspecified atom stereocenters. The fourth-order valence-corrected chi connectivity index (χ4v) is 2.81. The minimum Gasteiger partial charge on any atom is -0.327 e. The van der Waals surface area contributed by atoms with Gasteiger partial charge in [0.25, 0.3) is 0 Å². The number of hydrogen-bond donors (Lipinski definition) is 1. The van der Waals surface area contributed by atoms with E-state index in [0.29, 0.717) is 11.0 Å². The van der Waals surface area contributed by atoms with Crippen LogP contribution >= 0.6 is 15.9 Å². The highest BCUT2D eigenvalue weighted by molar-refractivity contribution is 9.10. The van der Waals surface area contributed by atoms with Gasteiger partial charge in [-0.15, -0.1) is 0 Å². The Bertz CT molecular complexity index is 795. The van der Waals surface area contributed by atoms with Crippen LogP contribution in [-0.2, 0) is 13.6 Å². The minimum absolute atomic E-state index is 0.273. The van der Waals surface area contributed by atoms with E-state index in [1.165, 1.54) is 12.1 Å². The third-order valence-electron chi connectivity index (χ3n) is 3.35. The highest BCUT2D eigenvalue weighted by Gasteiger charge is 2.13. The molecule has 0 saturated heterocycles. The van der Waals surface area contributed by atoms with Crippen molar-refractivity contribution >= 4 is 27.0 Å². The first-order valence-corrected chi connectivity index (χ1v) is 7.00. The van der Waals surface area contributed by atoms with Crippen molar-refractivity contribution in [3.05, 3.63) is 52.3 Å². The molecule has 0 spiro atoms. The summed E-state index contributed by atoms with van der Waals surface area (Å²) in [7, 11) is 1.95. The summed E-state index contributed by atoms with van der Waals surface area (Å²) in [6.07, 6.45) is 0. The maximum atomic E-state index is 13.2. The van der Waals surface area contributed by atoms with Gasteiger partial charge in [-0.05, 0) is 51.8 Å². The van der Waals surface area contributed by atoms with E-state index in [2.05, 4.69) is 20.9 Å². The fourth-order valence-electron chi connectivity index (χ4n) is 2.28. The van der Waals surface area contributed by atoms with Crippen molar-refractivity contribution in [1.29, 1.82) is 0 Å². The molecule has 5 heteroatoms. The van der Waals surface area contributed by atoms with E-state index in [9.17, 15) is 4.39 Å². The van der Waals surface area contributed by atoms with E-state index in [-0.39, 0.29) is 5.82 Å². The van der Waals surface area contributed by atoms with E-state index < -0.39 is 0 Å². The van der Waals surface area contributed by atoms with Gasteiger partial charge in [-0.3, -0.25) is 0 Å². The van der Waals surface area contributed by atoms with Crippen LogP contribution in [0.4, 0.5) is 4.39 Å². The third-order valence-corrected chi connectivity index (χ3v) is 4.01. The van der Waals surface area contributed by atoms with Gasteiger partial charge in [-0.1, -0.05) is 6.07 Å². The van der Waals surface area contributed by atoms with Crippen molar-refractivity contribution in [3.63, 3.8) is 0 Å². The number of hydrogen-bond acceptors (Lipinski definition) is 2. The van der Waals surface area contributed by atoms with Gasteiger partial charge < -0.3 is 10.3 Å². The molecule has 0 saturated carbocycles. The van der Waals surface area contributed by atoms with Crippen LogP contribution in [0.5, 0.6) is 0 Å². The number of halogens is 2. The van der Waals surface area contributed by atoms with Crippen LogP contribution in [0.2, 0.25) is 0 Å². The first kappa shape index (κ1) is 13.3. The standard InChI is InChI=1S/C15H13BrFN3/c1-20-14-5-2-9(8-18)6-13(14)19-15(20)11-4-3-10(17)7-12(11)16/h2-7H,8,18H2,1H3. The number of aryl methyl sites for hydroxylation is 1. The largest absolute Gasteiger partial charge is 0.327 e. The molecule has 0 aliphatic carbocycles. The Morgan fingerprint density at radius 2 is 2.05 bits per heavy atom. The smallest absolute Gasteiger partial charge is 0.142 e. The number of rotatable bonds is 2. The molecule has 0 amide bonds. The van der Waals surface area contributed by atoms with Crippen LogP contribution in [-0.4, -0.2) is 9.55 Å². The van der Waals surface area contributed by atoms with E-state index in [1.54, 1.807) is 6.07 Å². The van der Waals surface area contributed by atoms with Crippen LogP contribution in [0, 0.1) is 5.82 Å². The molecule has 3 aromatic rings. The Kier molecular flexibility index (Phi) is 3.31. The van der Waals surface area contributed by atoms with Crippen LogP contribution in [0.1, 0.15) is 5.56 Å². The van der Waals surface area contributed by atoms with E-state index >= 15 is 0 Å². The lowest BCUT2D eigenvalue weighted by atomic mass is 10.2. The van der Waals surface area contributed by atoms with Gasteiger partial charge in [-0.25, -0.2) is 9.37 Å². The van der Waals surface area contributed by atoms with Crippen molar-refractivity contribution in [3.8, 4) is 11.4 Å². The average Bonchev–Trinajstić information content (AvgIpc) is 2.75. The lowest BCUT2D eigenvalue weighted by Crippen LogP contribution is -1.96. The van der Waals surface area contributed by atoms with Crippen LogP contribution in [0.15, 0.2) is 40.9 Å². The molecule has 2 N–H and O–H groups in total. The number of aromatic nitrogens is 2. The molecule has 20 heavy (non-hydrogen) atoms. The molecule has 0 atom stereocenters. The normalized spacial score (nSPS) is 11.2. The van der Waals surface area contributed by atoms with E-state index in [1.807, 2.05) is 29.8 Å². The molecule has 0 aliphatic rings. The zero-order chi connectivity index (χ0) is 14.3. The Labute approximate surface area is 124 Å². The Balaban J connectivity index is 2.23. The van der Waals surface area contributed by atoms with Crippen molar-refractivity contribution in [2.45, 2.75) is 6.54 Å². The van der Waals surface area contributed by atoms with Crippen molar-refractivity contribution in [2.75, 3.05) is 0 Å². The highest BCUT2D eigenvalue weighted by Crippen LogP contribution is 2.30. The van der Waals surface area contributed by atoms with Crippen LogP contribution < -0.4 is 5.73 Å². The molecular formula is C15H13BrFN3. The van der Waals surface area contributed by atoms with Gasteiger partial charge in [0.2, 0.25) is 0 Å². The molecular weight excluding hydrogens is 321 g/mol. The number of nitrogens with zero attached hydrogens (tertiary/aromatic N) is 2. The summed E-state index contributed by atoms with van der Waals surface area (Å²) in [5.41, 5.74) is 9.47. The second-order valence-corrected chi connectivity index (χ2v) is 5.50.